The smallest absolute Gasteiger partial charge is 0.337 e. The summed E-state index contributed by atoms with van der Waals surface area (Å²) in [7, 11) is 3.50. The zero-order chi connectivity index (χ0) is 19.5. The average Bonchev–Trinajstić information content (AvgIpc) is 3.05. The van der Waals surface area contributed by atoms with Crippen LogP contribution in [0.1, 0.15) is 21.7 Å². The Morgan fingerprint density at radius 2 is 1.61 bits per heavy atom. The third-order valence-corrected chi connectivity index (χ3v) is 5.49. The Morgan fingerprint density at radius 3 is 2.25 bits per heavy atom. The third-order valence-electron chi connectivity index (χ3n) is 5.49. The topological polar surface area (TPSA) is 50.6 Å². The van der Waals surface area contributed by atoms with E-state index in [4.69, 9.17) is 9.72 Å². The lowest BCUT2D eigenvalue weighted by atomic mass is 10.1. The van der Waals surface area contributed by atoms with Crippen LogP contribution in [0.5, 0.6) is 0 Å². The summed E-state index contributed by atoms with van der Waals surface area (Å²) in [5.41, 5.74) is 4.07. The van der Waals surface area contributed by atoms with Crippen LogP contribution in [0.4, 0.5) is 0 Å². The van der Waals surface area contributed by atoms with Gasteiger partial charge < -0.3 is 9.30 Å². The van der Waals surface area contributed by atoms with Crippen molar-refractivity contribution in [1.82, 2.24) is 19.4 Å². The van der Waals surface area contributed by atoms with Gasteiger partial charge in [-0.25, -0.2) is 9.78 Å². The van der Waals surface area contributed by atoms with Crippen molar-refractivity contribution in [3.63, 3.8) is 0 Å². The van der Waals surface area contributed by atoms with E-state index in [1.165, 1.54) is 18.2 Å². The maximum Gasteiger partial charge on any atom is 0.337 e. The molecule has 0 radical (unpaired) electrons. The van der Waals surface area contributed by atoms with E-state index in [-0.39, 0.29) is 5.97 Å². The molecule has 3 aromatic rings. The van der Waals surface area contributed by atoms with Gasteiger partial charge >= 0.3 is 5.97 Å². The number of aryl methyl sites for hydroxylation is 1. The van der Waals surface area contributed by atoms with E-state index < -0.39 is 0 Å². The van der Waals surface area contributed by atoms with E-state index in [9.17, 15) is 4.79 Å². The second-order valence-electron chi connectivity index (χ2n) is 7.32. The minimum atomic E-state index is -0.290. The first-order chi connectivity index (χ1) is 13.6. The Labute approximate surface area is 165 Å². The lowest BCUT2D eigenvalue weighted by molar-refractivity contribution is 0.0600. The first-order valence-electron chi connectivity index (χ1n) is 9.66. The number of carbonyl (C=O) groups excluding carboxylic acids is 1. The normalized spacial score (nSPS) is 15.8. The number of rotatable bonds is 5. The molecule has 0 saturated carbocycles. The molecule has 2 heterocycles. The molecule has 1 fully saturated rings. The number of fused-ring (bicyclic) bond motifs is 1. The van der Waals surface area contributed by atoms with Gasteiger partial charge in [0.05, 0.1) is 30.3 Å². The first kappa shape index (κ1) is 18.7. The molecular formula is C22H26N4O2. The molecule has 28 heavy (non-hydrogen) atoms. The van der Waals surface area contributed by atoms with Gasteiger partial charge in [0.25, 0.3) is 0 Å². The summed E-state index contributed by atoms with van der Waals surface area (Å²) in [6, 6.07) is 16.0. The number of aromatic nitrogens is 2. The first-order valence-corrected chi connectivity index (χ1v) is 9.66. The van der Waals surface area contributed by atoms with Gasteiger partial charge in [0, 0.05) is 39.8 Å². The quantitative estimate of drug-likeness (QED) is 0.639. The van der Waals surface area contributed by atoms with Gasteiger partial charge in [-0.05, 0) is 29.8 Å². The second-order valence-corrected chi connectivity index (χ2v) is 7.32. The number of piperazine rings is 1. The molecule has 0 N–H and O–H groups in total. The van der Waals surface area contributed by atoms with Gasteiger partial charge in [0.2, 0.25) is 0 Å². The van der Waals surface area contributed by atoms with Crippen molar-refractivity contribution in [1.29, 1.82) is 0 Å². The minimum absolute atomic E-state index is 0.290. The zero-order valence-corrected chi connectivity index (χ0v) is 16.5. The highest BCUT2D eigenvalue weighted by atomic mass is 16.5. The van der Waals surface area contributed by atoms with Crippen molar-refractivity contribution in [3.8, 4) is 0 Å². The van der Waals surface area contributed by atoms with Crippen molar-refractivity contribution in [3.05, 3.63) is 65.5 Å². The van der Waals surface area contributed by atoms with Gasteiger partial charge in [-0.1, -0.05) is 24.3 Å². The molecule has 146 valence electrons. The number of benzene rings is 2. The third kappa shape index (κ3) is 3.93. The summed E-state index contributed by atoms with van der Waals surface area (Å²) in [5, 5.41) is 0. The van der Waals surface area contributed by atoms with Crippen molar-refractivity contribution in [2.75, 3.05) is 33.3 Å². The Balaban J connectivity index is 1.32. The summed E-state index contributed by atoms with van der Waals surface area (Å²) in [5.74, 6) is 0.829. The lowest BCUT2D eigenvalue weighted by Gasteiger charge is -2.34. The minimum Gasteiger partial charge on any atom is -0.465 e. The van der Waals surface area contributed by atoms with Gasteiger partial charge in [-0.3, -0.25) is 9.80 Å². The molecule has 0 spiro atoms. The molecule has 0 unspecified atom stereocenters. The van der Waals surface area contributed by atoms with Gasteiger partial charge in [0.15, 0.2) is 0 Å². The monoisotopic (exact) mass is 378 g/mol. The molecular weight excluding hydrogens is 352 g/mol. The number of esters is 1. The molecule has 1 aliphatic heterocycles. The Hall–Kier alpha value is -2.70. The molecule has 1 saturated heterocycles. The van der Waals surface area contributed by atoms with Crippen LogP contribution in [0.15, 0.2) is 48.5 Å². The molecule has 0 atom stereocenters. The van der Waals surface area contributed by atoms with Crippen LogP contribution in [0, 0.1) is 0 Å². The molecule has 1 aliphatic rings. The molecule has 0 bridgehead atoms. The fraction of sp³-hybridized carbons (Fsp3) is 0.364. The van der Waals surface area contributed by atoms with Gasteiger partial charge in [-0.15, -0.1) is 0 Å². The average molecular weight is 378 g/mol. The van der Waals surface area contributed by atoms with E-state index in [0.717, 1.165) is 50.6 Å². The molecule has 6 heteroatoms. The van der Waals surface area contributed by atoms with Crippen molar-refractivity contribution in [2.45, 2.75) is 13.1 Å². The summed E-state index contributed by atoms with van der Waals surface area (Å²) in [6.45, 7) is 5.91. The Bertz CT molecular complexity index is 956. The number of imidazole rings is 1. The van der Waals surface area contributed by atoms with Crippen LogP contribution in [0.2, 0.25) is 0 Å². The Kier molecular flexibility index (Phi) is 5.41. The van der Waals surface area contributed by atoms with E-state index in [1.807, 2.05) is 30.3 Å². The number of hydrogen-bond acceptors (Lipinski definition) is 5. The van der Waals surface area contributed by atoms with Crippen molar-refractivity contribution < 1.29 is 9.53 Å². The molecule has 0 aliphatic carbocycles. The van der Waals surface area contributed by atoms with E-state index in [0.29, 0.717) is 5.56 Å². The fourth-order valence-electron chi connectivity index (χ4n) is 3.76. The van der Waals surface area contributed by atoms with Crippen LogP contribution in [-0.2, 0) is 24.9 Å². The highest BCUT2D eigenvalue weighted by molar-refractivity contribution is 5.89. The van der Waals surface area contributed by atoms with Crippen molar-refractivity contribution in [2.24, 2.45) is 7.05 Å². The highest BCUT2D eigenvalue weighted by Gasteiger charge is 2.19. The van der Waals surface area contributed by atoms with Crippen LogP contribution in [0.3, 0.4) is 0 Å². The summed E-state index contributed by atoms with van der Waals surface area (Å²) in [4.78, 5) is 21.3. The molecule has 2 aromatic carbocycles. The summed E-state index contributed by atoms with van der Waals surface area (Å²) < 4.78 is 6.95. The Morgan fingerprint density at radius 1 is 0.964 bits per heavy atom. The lowest BCUT2D eigenvalue weighted by Crippen LogP contribution is -2.45. The second kappa shape index (κ2) is 8.12. The highest BCUT2D eigenvalue weighted by Crippen LogP contribution is 2.17. The van der Waals surface area contributed by atoms with E-state index >= 15 is 0 Å². The maximum atomic E-state index is 11.5. The molecule has 4 rings (SSSR count). The molecule has 6 nitrogen and oxygen atoms in total. The van der Waals surface area contributed by atoms with E-state index in [1.54, 1.807) is 0 Å². The molecule has 0 amide bonds. The number of hydrogen-bond donors (Lipinski definition) is 0. The van der Waals surface area contributed by atoms with Crippen LogP contribution in [-0.4, -0.2) is 58.6 Å². The number of methoxy groups -OCH3 is 1. The largest absolute Gasteiger partial charge is 0.465 e. The molecule has 1 aromatic heterocycles. The standard InChI is InChI=1S/C22H26N4O2/c1-24-20-6-4-3-5-19(20)23-21(24)16-26-13-11-25(12-14-26)15-17-7-9-18(10-8-17)22(27)28-2/h3-10H,11-16H2,1-2H3. The number of nitrogens with zero attached hydrogens (tertiary/aromatic N) is 4. The maximum absolute atomic E-state index is 11.5. The predicted octanol–water partition coefficient (Wildman–Crippen LogP) is 2.68. The predicted molar refractivity (Wildman–Crippen MR) is 109 cm³/mol. The summed E-state index contributed by atoms with van der Waals surface area (Å²) in [6.07, 6.45) is 0. The number of para-hydroxylation sites is 2. The fourth-order valence-corrected chi connectivity index (χ4v) is 3.76. The van der Waals surface area contributed by atoms with Crippen LogP contribution in [0.25, 0.3) is 11.0 Å². The number of ether oxygens (including phenoxy) is 1. The van der Waals surface area contributed by atoms with Crippen LogP contribution < -0.4 is 0 Å². The van der Waals surface area contributed by atoms with Gasteiger partial charge in [-0.2, -0.15) is 0 Å². The number of carbonyl (C=O) groups is 1. The van der Waals surface area contributed by atoms with Crippen molar-refractivity contribution >= 4 is 17.0 Å². The zero-order valence-electron chi connectivity index (χ0n) is 16.5. The van der Waals surface area contributed by atoms with E-state index in [2.05, 4.69) is 39.6 Å². The van der Waals surface area contributed by atoms with Crippen LogP contribution >= 0.6 is 0 Å². The SMILES string of the molecule is COC(=O)c1ccc(CN2CCN(Cc3nc4ccccc4n3C)CC2)cc1. The van der Waals surface area contributed by atoms with Gasteiger partial charge in [0.1, 0.15) is 5.82 Å². The summed E-state index contributed by atoms with van der Waals surface area (Å²) >= 11 is 0.